The smallest absolute Gasteiger partial charge is 0.260 e. The zero-order valence-electron chi connectivity index (χ0n) is 17.8. The van der Waals surface area contributed by atoms with E-state index in [1.54, 1.807) is 4.90 Å². The van der Waals surface area contributed by atoms with E-state index >= 15 is 0 Å². The van der Waals surface area contributed by atoms with E-state index in [1.165, 1.54) is 29.8 Å². The minimum atomic E-state index is -0.337. The zero-order chi connectivity index (χ0) is 21.8. The molecule has 6 nitrogen and oxygen atoms in total. The summed E-state index contributed by atoms with van der Waals surface area (Å²) >= 11 is 0. The van der Waals surface area contributed by atoms with Crippen LogP contribution in [0.2, 0.25) is 0 Å². The monoisotopic (exact) mass is 423 g/mol. The van der Waals surface area contributed by atoms with E-state index < -0.39 is 0 Å². The molecule has 2 heterocycles. The lowest BCUT2D eigenvalue weighted by Gasteiger charge is -2.27. The Bertz CT molecular complexity index is 1060. The lowest BCUT2D eigenvalue weighted by atomic mass is 10.1. The molecule has 0 aliphatic carbocycles. The molecule has 4 rings (SSSR count). The Balaban J connectivity index is 1.37. The highest BCUT2D eigenvalue weighted by atomic mass is 19.1. The van der Waals surface area contributed by atoms with Crippen LogP contribution in [0.5, 0.6) is 5.75 Å². The number of aromatic nitrogens is 2. The van der Waals surface area contributed by atoms with Crippen molar-refractivity contribution in [3.8, 4) is 5.75 Å². The van der Waals surface area contributed by atoms with Crippen molar-refractivity contribution in [2.45, 2.75) is 33.1 Å². The van der Waals surface area contributed by atoms with Crippen LogP contribution in [0, 0.1) is 12.7 Å². The zero-order valence-corrected chi connectivity index (χ0v) is 17.8. The van der Waals surface area contributed by atoms with E-state index in [1.807, 2.05) is 23.9 Å². The third-order valence-electron chi connectivity index (χ3n) is 5.61. The number of hydrogen-bond donors (Lipinski definition) is 0. The van der Waals surface area contributed by atoms with Gasteiger partial charge in [-0.1, -0.05) is 24.3 Å². The first kappa shape index (κ1) is 21.1. The molecule has 0 radical (unpaired) electrons. The Labute approximate surface area is 181 Å². The molecular formula is C24H26FN3O3. The molecule has 1 amide bonds. The first-order chi connectivity index (χ1) is 15.0. The average molecular weight is 423 g/mol. The first-order valence-corrected chi connectivity index (χ1v) is 10.3. The van der Waals surface area contributed by atoms with Crippen LogP contribution in [0.3, 0.4) is 0 Å². The van der Waals surface area contributed by atoms with Gasteiger partial charge in [0.15, 0.2) is 6.61 Å². The van der Waals surface area contributed by atoms with Crippen molar-refractivity contribution < 1.29 is 18.7 Å². The molecule has 1 aromatic heterocycles. The van der Waals surface area contributed by atoms with Gasteiger partial charge in [-0.25, -0.2) is 4.39 Å². The van der Waals surface area contributed by atoms with E-state index in [2.05, 4.69) is 24.2 Å². The summed E-state index contributed by atoms with van der Waals surface area (Å²) in [5, 5.41) is 4.63. The lowest BCUT2D eigenvalue weighted by Crippen LogP contribution is -2.39. The summed E-state index contributed by atoms with van der Waals surface area (Å²) in [4.78, 5) is 14.4. The minimum Gasteiger partial charge on any atom is -0.484 e. The van der Waals surface area contributed by atoms with Crippen LogP contribution in [0.4, 0.5) is 4.39 Å². The molecule has 0 saturated carbocycles. The summed E-state index contributed by atoms with van der Waals surface area (Å²) in [6, 6.07) is 13.8. The molecule has 0 spiro atoms. The lowest BCUT2D eigenvalue weighted by molar-refractivity contribution is -0.134. The first-order valence-electron chi connectivity index (χ1n) is 10.3. The number of hydrogen-bond acceptors (Lipinski definition) is 4. The molecule has 1 aliphatic rings. The van der Waals surface area contributed by atoms with E-state index in [0.29, 0.717) is 32.1 Å². The molecule has 0 saturated heterocycles. The topological polar surface area (TPSA) is 56.6 Å². The minimum absolute atomic E-state index is 0.0830. The van der Waals surface area contributed by atoms with Crippen molar-refractivity contribution in [3.05, 3.63) is 82.4 Å². The fourth-order valence-electron chi connectivity index (χ4n) is 3.80. The van der Waals surface area contributed by atoms with E-state index in [4.69, 9.17) is 9.47 Å². The van der Waals surface area contributed by atoms with Crippen LogP contribution in [0.15, 0.2) is 48.5 Å². The maximum atomic E-state index is 13.0. The quantitative estimate of drug-likeness (QED) is 0.583. The van der Waals surface area contributed by atoms with Crippen LogP contribution in [0.1, 0.15) is 28.1 Å². The van der Waals surface area contributed by atoms with Crippen molar-refractivity contribution in [1.82, 2.24) is 14.7 Å². The van der Waals surface area contributed by atoms with Crippen LogP contribution in [-0.2, 0) is 42.8 Å². The number of rotatable bonds is 7. The third-order valence-corrected chi connectivity index (χ3v) is 5.61. The molecule has 0 fully saturated rings. The molecule has 0 atom stereocenters. The summed E-state index contributed by atoms with van der Waals surface area (Å²) in [5.41, 5.74) is 5.40. The number of ether oxygens (including phenoxy) is 2. The van der Waals surface area contributed by atoms with Crippen LogP contribution >= 0.6 is 0 Å². The van der Waals surface area contributed by atoms with Gasteiger partial charge in [0.1, 0.15) is 11.6 Å². The number of fused-ring (bicyclic) bond motifs is 1. The predicted octanol–water partition coefficient (Wildman–Crippen LogP) is 3.55. The van der Waals surface area contributed by atoms with Gasteiger partial charge in [-0.05, 0) is 42.3 Å². The van der Waals surface area contributed by atoms with Crippen LogP contribution < -0.4 is 4.74 Å². The Morgan fingerprint density at radius 1 is 1.13 bits per heavy atom. The maximum absolute atomic E-state index is 13.0. The van der Waals surface area contributed by atoms with Gasteiger partial charge in [0.05, 0.1) is 18.9 Å². The van der Waals surface area contributed by atoms with Gasteiger partial charge in [-0.15, -0.1) is 0 Å². The number of amides is 1. The Morgan fingerprint density at radius 3 is 2.68 bits per heavy atom. The van der Waals surface area contributed by atoms with Crippen molar-refractivity contribution in [2.75, 3.05) is 13.2 Å². The number of carbonyl (C=O) groups excluding carboxylic acids is 1. The van der Waals surface area contributed by atoms with E-state index in [-0.39, 0.29) is 18.3 Å². The highest BCUT2D eigenvalue weighted by Crippen LogP contribution is 2.23. The van der Waals surface area contributed by atoms with Crippen molar-refractivity contribution in [1.29, 1.82) is 0 Å². The largest absolute Gasteiger partial charge is 0.484 e. The Morgan fingerprint density at radius 2 is 1.90 bits per heavy atom. The summed E-state index contributed by atoms with van der Waals surface area (Å²) in [6.45, 7) is 4.00. The highest BCUT2D eigenvalue weighted by Gasteiger charge is 2.26. The standard InChI is InChI=1S/C24H26FN3O3/c1-17-5-3-4-6-18(17)14-30-15-22-21-13-28(12-11-23(21)27(2)26-22)24(29)16-31-20-9-7-19(25)8-10-20/h3-10H,11-16H2,1-2H3. The van der Waals surface area contributed by atoms with Crippen molar-refractivity contribution >= 4 is 5.91 Å². The fourth-order valence-corrected chi connectivity index (χ4v) is 3.80. The van der Waals surface area contributed by atoms with Gasteiger partial charge < -0.3 is 14.4 Å². The Hall–Kier alpha value is -3.19. The normalized spacial score (nSPS) is 13.2. The molecule has 0 bridgehead atoms. The highest BCUT2D eigenvalue weighted by molar-refractivity contribution is 5.78. The van der Waals surface area contributed by atoms with Gasteiger partial charge in [0.2, 0.25) is 0 Å². The SMILES string of the molecule is Cc1ccccc1COCc1nn(C)c2c1CN(C(=O)COc1ccc(F)cc1)CC2. The van der Waals surface area contributed by atoms with E-state index in [0.717, 1.165) is 28.9 Å². The summed E-state index contributed by atoms with van der Waals surface area (Å²) in [5.74, 6) is 0.0284. The second-order valence-corrected chi connectivity index (χ2v) is 7.72. The van der Waals surface area contributed by atoms with Gasteiger partial charge in [-0.2, -0.15) is 5.10 Å². The second kappa shape index (κ2) is 9.31. The maximum Gasteiger partial charge on any atom is 0.260 e. The molecule has 2 aromatic carbocycles. The second-order valence-electron chi connectivity index (χ2n) is 7.72. The summed E-state index contributed by atoms with van der Waals surface area (Å²) < 4.78 is 26.4. The number of halogens is 1. The average Bonchev–Trinajstić information content (AvgIpc) is 3.09. The van der Waals surface area contributed by atoms with Gasteiger partial charge >= 0.3 is 0 Å². The van der Waals surface area contributed by atoms with Gasteiger partial charge in [0, 0.05) is 37.8 Å². The molecule has 7 heteroatoms. The molecule has 3 aromatic rings. The third kappa shape index (κ3) is 4.94. The number of aryl methyl sites for hydroxylation is 2. The van der Waals surface area contributed by atoms with Gasteiger partial charge in [-0.3, -0.25) is 9.48 Å². The van der Waals surface area contributed by atoms with Gasteiger partial charge in [0.25, 0.3) is 5.91 Å². The molecule has 0 N–H and O–H groups in total. The molecule has 0 unspecified atom stereocenters. The molecule has 31 heavy (non-hydrogen) atoms. The predicted molar refractivity (Wildman–Crippen MR) is 114 cm³/mol. The van der Waals surface area contributed by atoms with Crippen molar-refractivity contribution in [3.63, 3.8) is 0 Å². The summed E-state index contributed by atoms with van der Waals surface area (Å²) in [6.07, 6.45) is 0.735. The molecular weight excluding hydrogens is 397 g/mol. The van der Waals surface area contributed by atoms with E-state index in [9.17, 15) is 9.18 Å². The molecule has 1 aliphatic heterocycles. The summed E-state index contributed by atoms with van der Waals surface area (Å²) in [7, 11) is 1.93. The number of carbonyl (C=O) groups is 1. The molecule has 162 valence electrons. The number of nitrogens with zero attached hydrogens (tertiary/aromatic N) is 3. The van der Waals surface area contributed by atoms with Crippen LogP contribution in [-0.4, -0.2) is 33.7 Å². The fraction of sp³-hybridized carbons (Fsp3) is 0.333. The van der Waals surface area contributed by atoms with Crippen LogP contribution in [0.25, 0.3) is 0 Å². The van der Waals surface area contributed by atoms with Crippen molar-refractivity contribution in [2.24, 2.45) is 7.05 Å². The Kier molecular flexibility index (Phi) is 6.32. The number of benzene rings is 2.